The molecular formula is C35H34F3N5O2S. The molecule has 0 aliphatic carbocycles. The zero-order chi connectivity index (χ0) is 32.1. The molecule has 0 saturated carbocycles. The van der Waals surface area contributed by atoms with Crippen LogP contribution in [0.25, 0.3) is 10.9 Å². The molecule has 1 aromatic heterocycles. The molecule has 4 aromatic rings. The first-order valence-electron chi connectivity index (χ1n) is 15.1. The summed E-state index contributed by atoms with van der Waals surface area (Å²) in [5.41, 5.74) is 4.43. The van der Waals surface area contributed by atoms with Crippen molar-refractivity contribution in [1.29, 1.82) is 5.26 Å². The van der Waals surface area contributed by atoms with Crippen LogP contribution < -0.4 is 20.3 Å². The molecule has 3 heterocycles. The van der Waals surface area contributed by atoms with Gasteiger partial charge in [-0.1, -0.05) is 12.0 Å². The Kier molecular flexibility index (Phi) is 9.25. The molecule has 7 nitrogen and oxygen atoms in total. The minimum Gasteiger partial charge on any atom is -0.477 e. The van der Waals surface area contributed by atoms with Crippen molar-refractivity contribution in [3.8, 4) is 23.7 Å². The van der Waals surface area contributed by atoms with Crippen molar-refractivity contribution in [2.45, 2.75) is 30.5 Å². The molecule has 0 radical (unpaired) electrons. The molecule has 2 aliphatic heterocycles. The van der Waals surface area contributed by atoms with Crippen LogP contribution in [0.3, 0.4) is 0 Å². The number of thioether (sulfide) groups is 1. The van der Waals surface area contributed by atoms with Gasteiger partial charge in [0, 0.05) is 45.8 Å². The smallest absolute Gasteiger partial charge is 0.406 e. The van der Waals surface area contributed by atoms with Crippen LogP contribution in [0.2, 0.25) is 0 Å². The quantitative estimate of drug-likeness (QED) is 0.143. The standard InChI is InChI=1S/C35H34F3N5O2S/c1-46-28-11-12-31(33(21-28)45-19-15-39)40-16-3-4-27-20-29-30(5-2-6-32(29)43(27)22-35(36,37)38)41-25-7-9-26(10-8-25)42-17-13-34(14-18-42)23-44-24-34/h2,5-12,20-21,40-41H,13-14,16-19,22-24H2,1H3. The molecule has 3 aromatic carbocycles. The van der Waals surface area contributed by atoms with Gasteiger partial charge in [-0.15, -0.1) is 11.8 Å². The van der Waals surface area contributed by atoms with E-state index in [2.05, 4.69) is 39.5 Å². The lowest BCUT2D eigenvalue weighted by Gasteiger charge is -2.47. The first kappa shape index (κ1) is 31.5. The molecular weight excluding hydrogens is 611 g/mol. The van der Waals surface area contributed by atoms with Crippen molar-refractivity contribution in [3.63, 3.8) is 0 Å². The topological polar surface area (TPSA) is 74.5 Å². The highest BCUT2D eigenvalue weighted by atomic mass is 32.2. The Morgan fingerprint density at radius 2 is 1.80 bits per heavy atom. The van der Waals surface area contributed by atoms with E-state index in [1.807, 2.05) is 48.7 Å². The number of nitrogens with zero attached hydrogens (tertiary/aromatic N) is 3. The summed E-state index contributed by atoms with van der Waals surface area (Å²) in [6.45, 7) is 2.65. The molecule has 0 atom stereocenters. The number of benzene rings is 3. The number of hydrogen-bond donors (Lipinski definition) is 2. The molecule has 2 fully saturated rings. The second kappa shape index (κ2) is 13.5. The second-order valence-corrected chi connectivity index (χ2v) is 12.5. The van der Waals surface area contributed by atoms with Gasteiger partial charge in [-0.2, -0.15) is 18.4 Å². The molecule has 6 rings (SSSR count). The summed E-state index contributed by atoms with van der Waals surface area (Å²) in [4.78, 5) is 3.37. The zero-order valence-electron chi connectivity index (χ0n) is 25.4. The maximum absolute atomic E-state index is 13.7. The minimum atomic E-state index is -4.42. The van der Waals surface area contributed by atoms with E-state index in [-0.39, 0.29) is 18.8 Å². The van der Waals surface area contributed by atoms with Crippen LogP contribution in [-0.4, -0.2) is 56.5 Å². The fourth-order valence-electron chi connectivity index (χ4n) is 5.96. The van der Waals surface area contributed by atoms with Crippen LogP contribution in [0.1, 0.15) is 18.5 Å². The van der Waals surface area contributed by atoms with E-state index in [9.17, 15) is 13.2 Å². The molecule has 238 valence electrons. The molecule has 0 bridgehead atoms. The highest BCUT2D eigenvalue weighted by molar-refractivity contribution is 7.98. The number of aromatic nitrogens is 1. The van der Waals surface area contributed by atoms with E-state index < -0.39 is 12.7 Å². The van der Waals surface area contributed by atoms with Gasteiger partial charge in [0.1, 0.15) is 18.4 Å². The maximum Gasteiger partial charge on any atom is 0.406 e. The third-order valence-electron chi connectivity index (χ3n) is 8.50. The predicted octanol–water partition coefficient (Wildman–Crippen LogP) is 7.65. The second-order valence-electron chi connectivity index (χ2n) is 11.6. The largest absolute Gasteiger partial charge is 0.477 e. The lowest BCUT2D eigenvalue weighted by Crippen LogP contribution is -2.50. The van der Waals surface area contributed by atoms with E-state index in [1.165, 1.54) is 4.57 Å². The molecule has 11 heteroatoms. The number of hydrogen-bond acceptors (Lipinski definition) is 7. The first-order chi connectivity index (χ1) is 22.3. The monoisotopic (exact) mass is 645 g/mol. The molecule has 0 unspecified atom stereocenters. The number of piperidine rings is 1. The maximum atomic E-state index is 13.7. The SMILES string of the molecule is CSc1ccc(NCC#Cc2cc3c(Nc4ccc(N5CCC6(CC5)COC6)cc4)cccc3n2CC(F)(F)F)c(OCC#N)c1. The van der Waals surface area contributed by atoms with Gasteiger partial charge < -0.3 is 29.6 Å². The third kappa shape index (κ3) is 7.17. The zero-order valence-corrected chi connectivity index (χ0v) is 26.2. The number of anilines is 4. The number of alkyl halides is 3. The summed E-state index contributed by atoms with van der Waals surface area (Å²) in [5.74, 6) is 6.42. The van der Waals surface area contributed by atoms with Crippen molar-refractivity contribution < 1.29 is 22.6 Å². The average molecular weight is 646 g/mol. The molecule has 1 spiro atoms. The van der Waals surface area contributed by atoms with Gasteiger partial charge in [0.25, 0.3) is 0 Å². The van der Waals surface area contributed by atoms with Crippen LogP contribution in [0.5, 0.6) is 5.75 Å². The van der Waals surface area contributed by atoms with Gasteiger partial charge in [-0.05, 0) is 85.7 Å². The Hall–Kier alpha value is -4.45. The van der Waals surface area contributed by atoms with Gasteiger partial charge in [0.05, 0.1) is 36.7 Å². The van der Waals surface area contributed by atoms with Crippen LogP contribution in [0, 0.1) is 28.6 Å². The molecule has 2 saturated heterocycles. The van der Waals surface area contributed by atoms with Gasteiger partial charge in [0.15, 0.2) is 6.61 Å². The van der Waals surface area contributed by atoms with Gasteiger partial charge >= 0.3 is 6.18 Å². The van der Waals surface area contributed by atoms with Gasteiger partial charge in [0.2, 0.25) is 0 Å². The highest BCUT2D eigenvalue weighted by Gasteiger charge is 2.41. The summed E-state index contributed by atoms with van der Waals surface area (Å²) in [7, 11) is 0. The predicted molar refractivity (Wildman–Crippen MR) is 177 cm³/mol. The summed E-state index contributed by atoms with van der Waals surface area (Å²) < 4.78 is 53.3. The van der Waals surface area contributed by atoms with Crippen molar-refractivity contribution in [1.82, 2.24) is 4.57 Å². The van der Waals surface area contributed by atoms with E-state index in [4.69, 9.17) is 14.7 Å². The lowest BCUT2D eigenvalue weighted by molar-refractivity contribution is -0.140. The lowest BCUT2D eigenvalue weighted by atomic mass is 9.77. The van der Waals surface area contributed by atoms with Crippen molar-refractivity contribution in [2.75, 3.05) is 61.2 Å². The first-order valence-corrected chi connectivity index (χ1v) is 16.3. The summed E-state index contributed by atoms with van der Waals surface area (Å²) in [6.07, 6.45) is -0.219. The van der Waals surface area contributed by atoms with Crippen LogP contribution in [0.4, 0.5) is 35.9 Å². The Morgan fingerprint density at radius 3 is 2.48 bits per heavy atom. The number of fused-ring (bicyclic) bond motifs is 1. The number of nitriles is 1. The van der Waals surface area contributed by atoms with Crippen molar-refractivity contribution in [3.05, 3.63) is 72.4 Å². The Morgan fingerprint density at radius 1 is 1.02 bits per heavy atom. The molecule has 2 N–H and O–H groups in total. The minimum absolute atomic E-state index is 0.106. The Labute approximate surface area is 270 Å². The fourth-order valence-corrected chi connectivity index (χ4v) is 6.38. The van der Waals surface area contributed by atoms with Gasteiger partial charge in [-0.25, -0.2) is 0 Å². The Balaban J connectivity index is 1.20. The molecule has 46 heavy (non-hydrogen) atoms. The van der Waals surface area contributed by atoms with Crippen molar-refractivity contribution in [2.24, 2.45) is 5.41 Å². The van der Waals surface area contributed by atoms with Crippen LogP contribution in [0.15, 0.2) is 71.6 Å². The highest BCUT2D eigenvalue weighted by Crippen LogP contribution is 2.40. The fraction of sp³-hybridized carbons (Fsp3) is 0.343. The summed E-state index contributed by atoms with van der Waals surface area (Å²) >= 11 is 1.55. The van der Waals surface area contributed by atoms with E-state index >= 15 is 0 Å². The van der Waals surface area contributed by atoms with E-state index in [0.717, 1.165) is 55.4 Å². The average Bonchev–Trinajstić information content (AvgIpc) is 3.38. The van der Waals surface area contributed by atoms with E-state index in [0.29, 0.717) is 33.4 Å². The van der Waals surface area contributed by atoms with E-state index in [1.54, 1.807) is 30.0 Å². The Bertz CT molecular complexity index is 1790. The summed E-state index contributed by atoms with van der Waals surface area (Å²) in [6, 6.07) is 22.7. The normalized spacial score (nSPS) is 15.5. The molecule has 0 amide bonds. The number of rotatable bonds is 9. The number of halogens is 3. The van der Waals surface area contributed by atoms with Gasteiger partial charge in [-0.3, -0.25) is 0 Å². The third-order valence-corrected chi connectivity index (χ3v) is 9.23. The summed E-state index contributed by atoms with van der Waals surface area (Å²) in [5, 5.41) is 16.1. The van der Waals surface area contributed by atoms with Crippen LogP contribution in [-0.2, 0) is 11.3 Å². The van der Waals surface area contributed by atoms with Crippen LogP contribution >= 0.6 is 11.8 Å². The number of ether oxygens (including phenoxy) is 2. The van der Waals surface area contributed by atoms with Crippen molar-refractivity contribution >= 4 is 45.4 Å². The number of nitrogens with one attached hydrogen (secondary N) is 2. The molecule has 2 aliphatic rings.